The molecule has 1 amide bonds. The summed E-state index contributed by atoms with van der Waals surface area (Å²) in [6, 6.07) is 5.93. The van der Waals surface area contributed by atoms with Crippen LogP contribution in [-0.2, 0) is 11.2 Å². The fraction of sp³-hybridized carbons (Fsp3) is 0.438. The summed E-state index contributed by atoms with van der Waals surface area (Å²) in [4.78, 5) is 11.9. The molecule has 0 spiro atoms. The Morgan fingerprint density at radius 1 is 1.39 bits per heavy atom. The van der Waals surface area contributed by atoms with Crippen LogP contribution in [0.4, 0.5) is 5.13 Å². The Labute approximate surface area is 148 Å². The molecule has 23 heavy (non-hydrogen) atoms. The van der Waals surface area contributed by atoms with Crippen LogP contribution >= 0.6 is 27.3 Å². The number of nitrogens with zero attached hydrogens (tertiary/aromatic N) is 2. The van der Waals surface area contributed by atoms with E-state index in [1.807, 2.05) is 25.1 Å². The van der Waals surface area contributed by atoms with Crippen molar-refractivity contribution in [3.05, 3.63) is 33.2 Å². The van der Waals surface area contributed by atoms with Gasteiger partial charge in [-0.15, -0.1) is 10.2 Å². The van der Waals surface area contributed by atoms with Crippen molar-refractivity contribution in [2.75, 3.05) is 11.9 Å². The van der Waals surface area contributed by atoms with Gasteiger partial charge in [0.2, 0.25) is 11.0 Å². The first-order valence-corrected chi connectivity index (χ1v) is 9.20. The highest BCUT2D eigenvalue weighted by Crippen LogP contribution is 2.25. The third-order valence-electron chi connectivity index (χ3n) is 3.07. The summed E-state index contributed by atoms with van der Waals surface area (Å²) in [5, 5.41) is 12.3. The van der Waals surface area contributed by atoms with Crippen LogP contribution in [0, 0.1) is 6.92 Å². The van der Waals surface area contributed by atoms with Crippen molar-refractivity contribution in [1.82, 2.24) is 10.2 Å². The lowest BCUT2D eigenvalue weighted by atomic mass is 10.2. The fourth-order valence-electron chi connectivity index (χ4n) is 1.94. The van der Waals surface area contributed by atoms with Crippen molar-refractivity contribution in [2.24, 2.45) is 0 Å². The quantitative estimate of drug-likeness (QED) is 0.672. The van der Waals surface area contributed by atoms with E-state index >= 15 is 0 Å². The predicted octanol–water partition coefficient (Wildman–Crippen LogP) is 4.36. The number of hydrogen-bond acceptors (Lipinski definition) is 5. The molecule has 7 heteroatoms. The zero-order chi connectivity index (χ0) is 16.7. The second-order valence-electron chi connectivity index (χ2n) is 5.19. The van der Waals surface area contributed by atoms with Crippen molar-refractivity contribution in [2.45, 2.75) is 39.5 Å². The number of nitrogens with one attached hydrogen (secondary N) is 1. The number of benzene rings is 1. The molecule has 0 atom stereocenters. The number of carbonyl (C=O) groups excluding carboxylic acids is 1. The van der Waals surface area contributed by atoms with Gasteiger partial charge in [0.05, 0.1) is 11.1 Å². The second-order valence-corrected chi connectivity index (χ2v) is 7.10. The number of halogens is 1. The molecule has 0 aliphatic carbocycles. The molecule has 1 aromatic carbocycles. The molecule has 1 heterocycles. The van der Waals surface area contributed by atoms with E-state index in [0.717, 1.165) is 28.1 Å². The van der Waals surface area contributed by atoms with Gasteiger partial charge in [0.1, 0.15) is 10.8 Å². The summed E-state index contributed by atoms with van der Waals surface area (Å²) in [7, 11) is 0. The minimum atomic E-state index is -0.0595. The molecule has 0 aliphatic rings. The van der Waals surface area contributed by atoms with Gasteiger partial charge < -0.3 is 10.1 Å². The maximum absolute atomic E-state index is 11.9. The molecule has 0 radical (unpaired) electrons. The predicted molar refractivity (Wildman–Crippen MR) is 96.1 cm³/mol. The molecule has 1 aromatic heterocycles. The van der Waals surface area contributed by atoms with E-state index in [1.165, 1.54) is 16.9 Å². The van der Waals surface area contributed by atoms with Gasteiger partial charge in [0.15, 0.2) is 0 Å². The topological polar surface area (TPSA) is 64.1 Å². The number of aryl methyl sites for hydroxylation is 2. The van der Waals surface area contributed by atoms with Crippen molar-refractivity contribution in [3.63, 3.8) is 0 Å². The van der Waals surface area contributed by atoms with Crippen LogP contribution in [0.15, 0.2) is 22.7 Å². The van der Waals surface area contributed by atoms with Gasteiger partial charge in [-0.2, -0.15) is 0 Å². The summed E-state index contributed by atoms with van der Waals surface area (Å²) in [6.45, 7) is 4.61. The zero-order valence-corrected chi connectivity index (χ0v) is 15.7. The smallest absolute Gasteiger partial charge is 0.226 e. The van der Waals surface area contributed by atoms with Crippen molar-refractivity contribution in [1.29, 1.82) is 0 Å². The van der Waals surface area contributed by atoms with E-state index in [0.29, 0.717) is 24.6 Å². The number of anilines is 1. The second kappa shape index (κ2) is 8.98. The first kappa shape index (κ1) is 17.9. The average Bonchev–Trinajstić information content (AvgIpc) is 2.93. The van der Waals surface area contributed by atoms with Gasteiger partial charge in [0, 0.05) is 12.8 Å². The van der Waals surface area contributed by atoms with Gasteiger partial charge in [0.25, 0.3) is 0 Å². The summed E-state index contributed by atoms with van der Waals surface area (Å²) < 4.78 is 6.61. The van der Waals surface area contributed by atoms with Gasteiger partial charge in [-0.05, 0) is 53.4 Å². The molecule has 0 saturated heterocycles. The summed E-state index contributed by atoms with van der Waals surface area (Å²) in [5.74, 6) is 0.736. The maximum atomic E-state index is 11.9. The van der Waals surface area contributed by atoms with Gasteiger partial charge in [-0.1, -0.05) is 24.3 Å². The third kappa shape index (κ3) is 5.91. The number of carbonyl (C=O) groups is 1. The Bertz CT molecular complexity index is 661. The SMILES string of the molecule is CCCc1nnc(NC(=O)CCCOc2ccc(C)cc2Br)s1. The molecule has 0 aliphatic heterocycles. The van der Waals surface area contributed by atoms with Gasteiger partial charge in [-0.25, -0.2) is 0 Å². The first-order chi connectivity index (χ1) is 11.1. The minimum Gasteiger partial charge on any atom is -0.492 e. The highest BCUT2D eigenvalue weighted by atomic mass is 79.9. The molecule has 2 rings (SSSR count). The molecule has 2 aromatic rings. The van der Waals surface area contributed by atoms with E-state index in [-0.39, 0.29) is 5.91 Å². The molecule has 0 unspecified atom stereocenters. The molecule has 0 bridgehead atoms. The van der Waals surface area contributed by atoms with E-state index in [2.05, 4.69) is 38.4 Å². The highest BCUT2D eigenvalue weighted by molar-refractivity contribution is 9.10. The van der Waals surface area contributed by atoms with Crippen molar-refractivity contribution in [3.8, 4) is 5.75 Å². The number of rotatable bonds is 8. The van der Waals surface area contributed by atoms with Crippen LogP contribution in [0.3, 0.4) is 0 Å². The third-order valence-corrected chi connectivity index (χ3v) is 4.59. The van der Waals surface area contributed by atoms with E-state index in [1.54, 1.807) is 0 Å². The molecular weight excluding hydrogens is 378 g/mol. The molecule has 124 valence electrons. The molecule has 1 N–H and O–H groups in total. The van der Waals surface area contributed by atoms with Crippen LogP contribution in [-0.4, -0.2) is 22.7 Å². The minimum absolute atomic E-state index is 0.0595. The Balaban J connectivity index is 1.70. The number of hydrogen-bond donors (Lipinski definition) is 1. The average molecular weight is 398 g/mol. The van der Waals surface area contributed by atoms with Gasteiger partial charge >= 0.3 is 0 Å². The fourth-order valence-corrected chi connectivity index (χ4v) is 3.40. The van der Waals surface area contributed by atoms with Crippen LogP contribution in [0.5, 0.6) is 5.75 Å². The lowest BCUT2D eigenvalue weighted by Gasteiger charge is -2.08. The van der Waals surface area contributed by atoms with Crippen molar-refractivity contribution >= 4 is 38.3 Å². The van der Waals surface area contributed by atoms with Crippen LogP contribution in [0.25, 0.3) is 0 Å². The largest absolute Gasteiger partial charge is 0.492 e. The lowest BCUT2D eigenvalue weighted by molar-refractivity contribution is -0.116. The Morgan fingerprint density at radius 2 is 2.22 bits per heavy atom. The summed E-state index contributed by atoms with van der Waals surface area (Å²) in [5.41, 5.74) is 1.17. The van der Waals surface area contributed by atoms with Crippen molar-refractivity contribution < 1.29 is 9.53 Å². The summed E-state index contributed by atoms with van der Waals surface area (Å²) >= 11 is 4.90. The first-order valence-electron chi connectivity index (χ1n) is 7.59. The van der Waals surface area contributed by atoms with E-state index in [4.69, 9.17) is 4.74 Å². The highest BCUT2D eigenvalue weighted by Gasteiger charge is 2.08. The Morgan fingerprint density at radius 3 is 2.96 bits per heavy atom. The molecular formula is C16H20BrN3O2S. The monoisotopic (exact) mass is 397 g/mol. The number of ether oxygens (including phenoxy) is 1. The zero-order valence-electron chi connectivity index (χ0n) is 13.3. The Kier molecular flexibility index (Phi) is 6.98. The van der Waals surface area contributed by atoms with Crippen LogP contribution in [0.2, 0.25) is 0 Å². The van der Waals surface area contributed by atoms with E-state index < -0.39 is 0 Å². The number of aromatic nitrogens is 2. The van der Waals surface area contributed by atoms with E-state index in [9.17, 15) is 4.79 Å². The van der Waals surface area contributed by atoms with Gasteiger partial charge in [-0.3, -0.25) is 4.79 Å². The molecule has 0 fully saturated rings. The lowest BCUT2D eigenvalue weighted by Crippen LogP contribution is -2.12. The number of amides is 1. The molecule has 0 saturated carbocycles. The van der Waals surface area contributed by atoms with Crippen LogP contribution < -0.4 is 10.1 Å². The Hall–Kier alpha value is -1.47. The van der Waals surface area contributed by atoms with Crippen LogP contribution in [0.1, 0.15) is 36.8 Å². The molecule has 5 nitrogen and oxygen atoms in total. The standard InChI is InChI=1S/C16H20BrN3O2S/c1-3-5-15-19-20-16(23-15)18-14(21)6-4-9-22-13-8-7-11(2)10-12(13)17/h7-8,10H,3-6,9H2,1-2H3,(H,18,20,21). The summed E-state index contributed by atoms with van der Waals surface area (Å²) in [6.07, 6.45) is 2.96. The maximum Gasteiger partial charge on any atom is 0.226 e. The normalized spacial score (nSPS) is 10.6.